The van der Waals surface area contributed by atoms with Crippen LogP contribution < -0.4 is 10.1 Å². The van der Waals surface area contributed by atoms with Crippen molar-refractivity contribution >= 4 is 11.6 Å². The molecule has 0 aliphatic rings. The largest absolute Gasteiger partial charge is 0.472 e. The van der Waals surface area contributed by atoms with Crippen LogP contribution in [0.3, 0.4) is 0 Å². The van der Waals surface area contributed by atoms with Crippen LogP contribution in [-0.4, -0.2) is 23.2 Å². The van der Waals surface area contributed by atoms with Crippen molar-refractivity contribution in [2.45, 2.75) is 13.2 Å². The standard InChI is InChI=1S/C13H14ClN3O/c1-9(15-2)18-10-7-16-13(17-8-10)11-5-3-4-6-12(11)14/h3-9,15H,1-2H3. The molecular weight excluding hydrogens is 250 g/mol. The molecule has 5 heteroatoms. The van der Waals surface area contributed by atoms with Crippen LogP contribution in [-0.2, 0) is 0 Å². The van der Waals surface area contributed by atoms with Crippen LogP contribution in [0.4, 0.5) is 0 Å². The van der Waals surface area contributed by atoms with Crippen molar-refractivity contribution in [1.29, 1.82) is 0 Å². The molecule has 0 amide bonds. The Balaban J connectivity index is 2.20. The number of aromatic nitrogens is 2. The number of nitrogens with one attached hydrogen (secondary N) is 1. The Morgan fingerprint density at radius 2 is 1.89 bits per heavy atom. The molecule has 2 aromatic rings. The average Bonchev–Trinajstić information content (AvgIpc) is 2.40. The van der Waals surface area contributed by atoms with E-state index in [1.54, 1.807) is 12.4 Å². The minimum atomic E-state index is -0.0836. The molecule has 0 saturated carbocycles. The molecule has 0 spiro atoms. The Hall–Kier alpha value is -1.65. The zero-order valence-corrected chi connectivity index (χ0v) is 11.0. The first-order valence-corrected chi connectivity index (χ1v) is 5.99. The normalized spacial score (nSPS) is 12.2. The lowest BCUT2D eigenvalue weighted by Gasteiger charge is -2.12. The van der Waals surface area contributed by atoms with Crippen molar-refractivity contribution in [2.75, 3.05) is 7.05 Å². The fourth-order valence-corrected chi connectivity index (χ4v) is 1.64. The molecule has 0 aliphatic heterocycles. The number of ether oxygens (including phenoxy) is 1. The monoisotopic (exact) mass is 263 g/mol. The van der Waals surface area contributed by atoms with Crippen molar-refractivity contribution in [3.8, 4) is 17.1 Å². The lowest BCUT2D eigenvalue weighted by atomic mass is 10.2. The van der Waals surface area contributed by atoms with Gasteiger partial charge in [-0.3, -0.25) is 5.32 Å². The summed E-state index contributed by atoms with van der Waals surface area (Å²) in [6, 6.07) is 7.47. The zero-order chi connectivity index (χ0) is 13.0. The summed E-state index contributed by atoms with van der Waals surface area (Å²) in [5.41, 5.74) is 0.812. The maximum Gasteiger partial charge on any atom is 0.160 e. The van der Waals surface area contributed by atoms with Crippen LogP contribution in [0.2, 0.25) is 5.02 Å². The van der Waals surface area contributed by atoms with Crippen molar-refractivity contribution in [2.24, 2.45) is 0 Å². The van der Waals surface area contributed by atoms with Crippen LogP contribution in [0.5, 0.6) is 5.75 Å². The second kappa shape index (κ2) is 5.80. The van der Waals surface area contributed by atoms with Crippen LogP contribution in [0.1, 0.15) is 6.92 Å². The molecule has 0 bridgehead atoms. The minimum Gasteiger partial charge on any atom is -0.472 e. The molecule has 1 heterocycles. The molecule has 2 rings (SSSR count). The molecule has 0 aliphatic carbocycles. The van der Waals surface area contributed by atoms with Gasteiger partial charge in [0.05, 0.1) is 17.4 Å². The SMILES string of the molecule is CNC(C)Oc1cnc(-c2ccccc2Cl)nc1. The van der Waals surface area contributed by atoms with Gasteiger partial charge in [-0.25, -0.2) is 9.97 Å². The van der Waals surface area contributed by atoms with Crippen LogP contribution in [0, 0.1) is 0 Å². The summed E-state index contributed by atoms with van der Waals surface area (Å²) in [5, 5.41) is 3.60. The maximum absolute atomic E-state index is 6.08. The van der Waals surface area contributed by atoms with E-state index in [9.17, 15) is 0 Å². The Bertz CT molecular complexity index is 516. The van der Waals surface area contributed by atoms with Crippen LogP contribution in [0.25, 0.3) is 11.4 Å². The molecule has 1 aromatic heterocycles. The van der Waals surface area contributed by atoms with E-state index < -0.39 is 0 Å². The fourth-order valence-electron chi connectivity index (χ4n) is 1.42. The number of hydrogen-bond donors (Lipinski definition) is 1. The maximum atomic E-state index is 6.08. The van der Waals surface area contributed by atoms with Gasteiger partial charge in [-0.2, -0.15) is 0 Å². The Morgan fingerprint density at radius 1 is 1.22 bits per heavy atom. The summed E-state index contributed by atoms with van der Waals surface area (Å²) in [6.07, 6.45) is 3.19. The highest BCUT2D eigenvalue weighted by Gasteiger charge is 2.06. The Labute approximate surface area is 111 Å². The molecule has 0 fully saturated rings. The number of benzene rings is 1. The third-order valence-electron chi connectivity index (χ3n) is 2.46. The molecular formula is C13H14ClN3O. The minimum absolute atomic E-state index is 0.0836. The summed E-state index contributed by atoms with van der Waals surface area (Å²) < 4.78 is 5.52. The van der Waals surface area contributed by atoms with Gasteiger partial charge in [-0.15, -0.1) is 0 Å². The molecule has 1 aromatic carbocycles. The first-order valence-electron chi connectivity index (χ1n) is 5.61. The smallest absolute Gasteiger partial charge is 0.160 e. The molecule has 0 radical (unpaired) electrons. The lowest BCUT2D eigenvalue weighted by molar-refractivity contribution is 0.192. The first-order chi connectivity index (χ1) is 8.70. The van der Waals surface area contributed by atoms with E-state index in [1.165, 1.54) is 0 Å². The van der Waals surface area contributed by atoms with Gasteiger partial charge in [0, 0.05) is 5.56 Å². The molecule has 1 N–H and O–H groups in total. The highest BCUT2D eigenvalue weighted by Crippen LogP contribution is 2.24. The highest BCUT2D eigenvalue weighted by molar-refractivity contribution is 6.33. The van der Waals surface area contributed by atoms with E-state index >= 15 is 0 Å². The molecule has 94 valence electrons. The van der Waals surface area contributed by atoms with E-state index in [4.69, 9.17) is 16.3 Å². The van der Waals surface area contributed by atoms with Gasteiger partial charge in [0.25, 0.3) is 0 Å². The van der Waals surface area contributed by atoms with Gasteiger partial charge < -0.3 is 4.74 Å². The summed E-state index contributed by atoms with van der Waals surface area (Å²) in [4.78, 5) is 8.50. The Kier molecular flexibility index (Phi) is 4.12. The van der Waals surface area contributed by atoms with Gasteiger partial charge >= 0.3 is 0 Å². The summed E-state index contributed by atoms with van der Waals surface area (Å²) in [7, 11) is 1.82. The zero-order valence-electron chi connectivity index (χ0n) is 10.2. The van der Waals surface area contributed by atoms with Crippen molar-refractivity contribution in [3.05, 3.63) is 41.7 Å². The number of nitrogens with zero attached hydrogens (tertiary/aromatic N) is 2. The highest BCUT2D eigenvalue weighted by atomic mass is 35.5. The van der Waals surface area contributed by atoms with E-state index in [2.05, 4.69) is 15.3 Å². The average molecular weight is 264 g/mol. The second-order valence-corrected chi connectivity index (χ2v) is 4.18. The number of rotatable bonds is 4. The quantitative estimate of drug-likeness (QED) is 0.862. The van der Waals surface area contributed by atoms with E-state index in [-0.39, 0.29) is 6.23 Å². The van der Waals surface area contributed by atoms with Crippen LogP contribution in [0.15, 0.2) is 36.7 Å². The van der Waals surface area contributed by atoms with Gasteiger partial charge in [0.1, 0.15) is 6.23 Å². The van der Waals surface area contributed by atoms with Crippen molar-refractivity contribution in [3.63, 3.8) is 0 Å². The van der Waals surface area contributed by atoms with Gasteiger partial charge in [0.2, 0.25) is 0 Å². The molecule has 4 nitrogen and oxygen atoms in total. The predicted octanol–water partition coefficient (Wildman–Crippen LogP) is 2.74. The molecule has 1 atom stereocenters. The first kappa shape index (κ1) is 12.8. The van der Waals surface area contributed by atoms with Crippen LogP contribution >= 0.6 is 11.6 Å². The molecule has 18 heavy (non-hydrogen) atoms. The summed E-state index contributed by atoms with van der Waals surface area (Å²) in [5.74, 6) is 1.21. The predicted molar refractivity (Wildman–Crippen MR) is 71.6 cm³/mol. The van der Waals surface area contributed by atoms with E-state index in [0.717, 1.165) is 5.56 Å². The van der Waals surface area contributed by atoms with Crippen molar-refractivity contribution < 1.29 is 4.74 Å². The van der Waals surface area contributed by atoms with Gasteiger partial charge in [-0.1, -0.05) is 23.7 Å². The second-order valence-electron chi connectivity index (χ2n) is 3.77. The molecule has 0 saturated heterocycles. The number of halogens is 1. The van der Waals surface area contributed by atoms with Crippen molar-refractivity contribution in [1.82, 2.24) is 15.3 Å². The third-order valence-corrected chi connectivity index (χ3v) is 2.79. The van der Waals surface area contributed by atoms with E-state index in [1.807, 2.05) is 38.2 Å². The van der Waals surface area contributed by atoms with Gasteiger partial charge in [0.15, 0.2) is 11.6 Å². The summed E-state index contributed by atoms with van der Waals surface area (Å²) >= 11 is 6.08. The molecule has 1 unspecified atom stereocenters. The fraction of sp³-hybridized carbons (Fsp3) is 0.231. The topological polar surface area (TPSA) is 47.0 Å². The number of hydrogen-bond acceptors (Lipinski definition) is 4. The third kappa shape index (κ3) is 2.97. The lowest BCUT2D eigenvalue weighted by Crippen LogP contribution is -2.27. The van der Waals surface area contributed by atoms with Gasteiger partial charge in [-0.05, 0) is 26.1 Å². The van der Waals surface area contributed by atoms with E-state index in [0.29, 0.717) is 16.6 Å². The Morgan fingerprint density at radius 3 is 2.50 bits per heavy atom. The summed E-state index contributed by atoms with van der Waals surface area (Å²) in [6.45, 7) is 1.90.